The lowest BCUT2D eigenvalue weighted by Crippen LogP contribution is -2.56. The van der Waals surface area contributed by atoms with Gasteiger partial charge in [-0.15, -0.1) is 24.0 Å². The van der Waals surface area contributed by atoms with Crippen molar-refractivity contribution in [3.05, 3.63) is 74.4 Å². The van der Waals surface area contributed by atoms with Gasteiger partial charge >= 0.3 is 5.69 Å². The molecule has 1 fully saturated rings. The maximum Gasteiger partial charge on any atom is 0.333 e. The van der Waals surface area contributed by atoms with E-state index in [0.717, 1.165) is 30.6 Å². The van der Waals surface area contributed by atoms with Crippen molar-refractivity contribution in [2.45, 2.75) is 78.1 Å². The molecule has 4 heterocycles. The van der Waals surface area contributed by atoms with Crippen LogP contribution in [0.1, 0.15) is 51.7 Å². The first kappa shape index (κ1) is 39.3. The number of carbonyl (C=O) groups is 1. The number of nitrogens with zero attached hydrogens (tertiary/aromatic N) is 4. The van der Waals surface area contributed by atoms with Crippen molar-refractivity contribution in [1.29, 1.82) is 0 Å². The van der Waals surface area contributed by atoms with Crippen LogP contribution in [0.2, 0.25) is 0 Å². The van der Waals surface area contributed by atoms with Crippen LogP contribution in [0.5, 0.6) is 5.75 Å². The molecule has 1 saturated heterocycles. The van der Waals surface area contributed by atoms with Crippen LogP contribution in [0.3, 0.4) is 0 Å². The van der Waals surface area contributed by atoms with Crippen molar-refractivity contribution in [2.75, 3.05) is 33.5 Å². The van der Waals surface area contributed by atoms with E-state index in [1.807, 2.05) is 13.8 Å². The minimum atomic E-state index is -1.48. The first-order chi connectivity index (χ1) is 22.4. The fourth-order valence-corrected chi connectivity index (χ4v) is 6.47. The topological polar surface area (TPSA) is 139 Å². The van der Waals surface area contributed by atoms with Crippen molar-refractivity contribution >= 4 is 51.4 Å². The number of fused-ring (bicyclic) bond motifs is 1. The molecule has 1 amide bonds. The molecule has 0 atom stereocenters. The molecule has 264 valence electrons. The predicted octanol–water partition coefficient (Wildman–Crippen LogP) is 4.16. The molecule has 1 aliphatic heterocycles. The molecule has 5 rings (SSSR count). The number of ether oxygens (including phenoxy) is 3. The van der Waals surface area contributed by atoms with Crippen LogP contribution in [0.25, 0.3) is 15.2 Å². The predicted molar refractivity (Wildman–Crippen MR) is 194 cm³/mol. The highest BCUT2D eigenvalue weighted by Crippen LogP contribution is 2.32. The lowest BCUT2D eigenvalue weighted by molar-refractivity contribution is -0.129. The SMILES string of the molecule is COCCOc1ccc(F)cc1CCn1c(=O)n(C(C)(C)C(=O)NC(C)C)c(=O)c2c(C)c(-n3cccn3)sc21.I.OC1CCOCC1. The third kappa shape index (κ3) is 9.11. The minimum absolute atomic E-state index is 0. The average molecular weight is 802 g/mol. The van der Waals surface area contributed by atoms with E-state index in [2.05, 4.69) is 10.4 Å². The van der Waals surface area contributed by atoms with E-state index in [-0.39, 0.29) is 55.7 Å². The summed E-state index contributed by atoms with van der Waals surface area (Å²) >= 11 is 1.26. The highest BCUT2D eigenvalue weighted by Gasteiger charge is 2.35. The van der Waals surface area contributed by atoms with Gasteiger partial charge in [0.2, 0.25) is 5.91 Å². The van der Waals surface area contributed by atoms with Gasteiger partial charge in [-0.2, -0.15) is 5.10 Å². The standard InChI is InChI=1S/C28H34FN5O5S.C5H10O2.HI/c1-17(2)31-26(36)28(4,5)34-23(35)22-18(3)24(33-12-7-11-30-33)40-25(22)32(27(34)37)13-10-19-16-20(29)8-9-21(19)39-15-14-38-6;6-5-1-3-7-4-2-5;/h7-9,11-12,16-17H,10,13-15H2,1-6H3,(H,31,36);5-6H,1-4H2;1H. The van der Waals surface area contributed by atoms with Crippen LogP contribution in [0.4, 0.5) is 4.39 Å². The van der Waals surface area contributed by atoms with Crippen LogP contribution < -0.4 is 21.3 Å². The Morgan fingerprint density at radius 3 is 2.52 bits per heavy atom. The Hall–Kier alpha value is -3.12. The molecule has 0 bridgehead atoms. The van der Waals surface area contributed by atoms with Gasteiger partial charge in [-0.3, -0.25) is 14.2 Å². The van der Waals surface area contributed by atoms with Crippen LogP contribution in [-0.4, -0.2) is 75.6 Å². The normalized spacial score (nSPS) is 13.6. The van der Waals surface area contributed by atoms with Crippen molar-refractivity contribution < 1.29 is 28.5 Å². The third-order valence-electron chi connectivity index (χ3n) is 7.80. The van der Waals surface area contributed by atoms with Gasteiger partial charge < -0.3 is 24.6 Å². The number of amides is 1. The fraction of sp³-hybridized carbons (Fsp3) is 0.515. The molecule has 0 saturated carbocycles. The molecule has 2 N–H and O–H groups in total. The Labute approximate surface area is 299 Å². The maximum atomic E-state index is 14.2. The molecule has 4 aromatic rings. The van der Waals surface area contributed by atoms with Gasteiger partial charge in [0, 0.05) is 50.9 Å². The van der Waals surface area contributed by atoms with Crippen molar-refractivity contribution in [3.8, 4) is 10.8 Å². The Morgan fingerprint density at radius 2 is 1.94 bits per heavy atom. The van der Waals surface area contributed by atoms with Crippen LogP contribution in [-0.2, 0) is 32.8 Å². The number of hydrogen-bond donors (Lipinski definition) is 2. The number of hydrogen-bond acceptors (Lipinski definition) is 9. The number of methoxy groups -OCH3 is 1. The average Bonchev–Trinajstić information content (AvgIpc) is 3.67. The summed E-state index contributed by atoms with van der Waals surface area (Å²) in [5, 5.41) is 17.0. The molecule has 0 radical (unpaired) electrons. The van der Waals surface area contributed by atoms with Gasteiger partial charge in [0.1, 0.15) is 33.5 Å². The number of aliphatic hydroxyl groups is 1. The van der Waals surface area contributed by atoms with Crippen LogP contribution in [0.15, 0.2) is 46.2 Å². The van der Waals surface area contributed by atoms with Gasteiger partial charge in [0.05, 0.1) is 18.1 Å². The van der Waals surface area contributed by atoms with E-state index in [1.165, 1.54) is 28.0 Å². The molecule has 0 unspecified atom stereocenters. The Morgan fingerprint density at radius 1 is 1.23 bits per heavy atom. The van der Waals surface area contributed by atoms with Crippen molar-refractivity contribution in [2.24, 2.45) is 0 Å². The first-order valence-corrected chi connectivity index (χ1v) is 16.4. The van der Waals surface area contributed by atoms with Gasteiger partial charge in [-0.1, -0.05) is 11.3 Å². The van der Waals surface area contributed by atoms with E-state index < -0.39 is 28.5 Å². The molecule has 3 aromatic heterocycles. The summed E-state index contributed by atoms with van der Waals surface area (Å²) in [4.78, 5) is 41.6. The number of carbonyl (C=O) groups excluding carboxylic acids is 1. The number of aromatic nitrogens is 4. The summed E-state index contributed by atoms with van der Waals surface area (Å²) in [6, 6.07) is 5.81. The summed E-state index contributed by atoms with van der Waals surface area (Å²) in [6.07, 6.45) is 5.17. The quantitative estimate of drug-likeness (QED) is 0.171. The van der Waals surface area contributed by atoms with Gasteiger partial charge in [0.15, 0.2) is 0 Å². The second-order valence-electron chi connectivity index (χ2n) is 12.1. The van der Waals surface area contributed by atoms with Gasteiger partial charge in [-0.05, 0) is 83.7 Å². The maximum absolute atomic E-state index is 14.2. The number of benzene rings is 1. The number of thiophene rings is 1. The molecule has 15 heteroatoms. The molecule has 12 nitrogen and oxygen atoms in total. The highest BCUT2D eigenvalue weighted by atomic mass is 127. The number of rotatable bonds is 11. The zero-order valence-electron chi connectivity index (χ0n) is 28.2. The molecule has 1 aromatic carbocycles. The number of nitrogens with one attached hydrogen (secondary N) is 1. The summed E-state index contributed by atoms with van der Waals surface area (Å²) in [6.45, 7) is 10.7. The van der Waals surface area contributed by atoms with Crippen LogP contribution >= 0.6 is 35.3 Å². The van der Waals surface area contributed by atoms with E-state index >= 15 is 0 Å². The molecule has 0 aliphatic carbocycles. The zero-order chi connectivity index (χ0) is 34.3. The van der Waals surface area contributed by atoms with Crippen LogP contribution in [0, 0.1) is 12.7 Å². The second kappa shape index (κ2) is 17.5. The number of aryl methyl sites for hydroxylation is 3. The molecular weight excluding hydrogens is 756 g/mol. The summed E-state index contributed by atoms with van der Waals surface area (Å²) < 4.78 is 34.2. The lowest BCUT2D eigenvalue weighted by atomic mass is 10.0. The van der Waals surface area contributed by atoms with Gasteiger partial charge in [-0.25, -0.2) is 18.4 Å². The Bertz CT molecular complexity index is 1780. The van der Waals surface area contributed by atoms with Crippen molar-refractivity contribution in [3.63, 3.8) is 0 Å². The van der Waals surface area contributed by atoms with E-state index in [0.29, 0.717) is 38.7 Å². The highest BCUT2D eigenvalue weighted by molar-refractivity contribution is 14.0. The number of halogens is 2. The minimum Gasteiger partial charge on any atom is -0.491 e. The fourth-order valence-electron chi connectivity index (χ4n) is 5.21. The summed E-state index contributed by atoms with van der Waals surface area (Å²) in [5.41, 5.74) is -1.46. The molecule has 0 spiro atoms. The molecular formula is C33H45FIN5O7S. The third-order valence-corrected chi connectivity index (χ3v) is 9.10. The van der Waals surface area contributed by atoms with Gasteiger partial charge in [0.25, 0.3) is 5.56 Å². The summed E-state index contributed by atoms with van der Waals surface area (Å²) in [7, 11) is 1.56. The zero-order valence-corrected chi connectivity index (χ0v) is 31.3. The Balaban J connectivity index is 0.000000693. The first-order valence-electron chi connectivity index (χ1n) is 15.6. The monoisotopic (exact) mass is 801 g/mol. The second-order valence-corrected chi connectivity index (χ2v) is 13.1. The van der Waals surface area contributed by atoms with E-state index in [4.69, 9.17) is 19.3 Å². The van der Waals surface area contributed by atoms with E-state index in [9.17, 15) is 18.8 Å². The molecule has 48 heavy (non-hydrogen) atoms. The Kier molecular flexibility index (Phi) is 14.3. The number of aliphatic hydroxyl groups excluding tert-OH is 1. The molecule has 1 aliphatic rings. The lowest BCUT2D eigenvalue weighted by Gasteiger charge is -2.27. The van der Waals surface area contributed by atoms with Crippen molar-refractivity contribution in [1.82, 2.24) is 24.2 Å². The largest absolute Gasteiger partial charge is 0.491 e. The van der Waals surface area contributed by atoms with E-state index in [1.54, 1.807) is 57.1 Å². The summed E-state index contributed by atoms with van der Waals surface area (Å²) in [5.74, 6) is -0.407. The smallest absolute Gasteiger partial charge is 0.333 e.